The van der Waals surface area contributed by atoms with Crippen molar-refractivity contribution >= 4 is 23.0 Å². The van der Waals surface area contributed by atoms with Crippen LogP contribution in [0.25, 0.3) is 22.2 Å². The molecule has 0 fully saturated rings. The Hall–Kier alpha value is -4.33. The molecule has 0 aliphatic rings. The van der Waals surface area contributed by atoms with Crippen LogP contribution in [-0.4, -0.2) is 72.3 Å². The number of aromatic carboxylic acids is 1. The SMILES string of the molecule is Cn1ncc(-c2cc(C(=O)O)cn(C)c2=O)c1OCCN(CCn1c(N)nc2ccccc21)CC(F)(F)F. The summed E-state index contributed by atoms with van der Waals surface area (Å²) < 4.78 is 49.8. The first-order valence-corrected chi connectivity index (χ1v) is 11.5. The Morgan fingerprint density at radius 3 is 2.63 bits per heavy atom. The van der Waals surface area contributed by atoms with Gasteiger partial charge in [0.15, 0.2) is 0 Å². The molecule has 0 aliphatic heterocycles. The summed E-state index contributed by atoms with van der Waals surface area (Å²) in [6.45, 7) is -1.21. The topological polar surface area (TPSA) is 133 Å². The van der Waals surface area contributed by atoms with Crippen LogP contribution in [0.5, 0.6) is 5.88 Å². The van der Waals surface area contributed by atoms with E-state index in [2.05, 4.69) is 10.1 Å². The van der Waals surface area contributed by atoms with E-state index in [9.17, 15) is 27.9 Å². The van der Waals surface area contributed by atoms with Crippen molar-refractivity contribution in [2.45, 2.75) is 12.7 Å². The van der Waals surface area contributed by atoms with Gasteiger partial charge in [-0.2, -0.15) is 18.3 Å². The molecule has 0 spiro atoms. The number of carbonyl (C=O) groups is 1. The first-order valence-electron chi connectivity index (χ1n) is 11.5. The monoisotopic (exact) mass is 533 g/mol. The van der Waals surface area contributed by atoms with E-state index in [1.54, 1.807) is 35.9 Å². The van der Waals surface area contributed by atoms with Gasteiger partial charge in [0, 0.05) is 39.9 Å². The molecule has 0 aliphatic carbocycles. The number of aromatic nitrogens is 5. The third-order valence-corrected chi connectivity index (χ3v) is 5.98. The predicted octanol–water partition coefficient (Wildman–Crippen LogP) is 2.36. The van der Waals surface area contributed by atoms with Crippen LogP contribution in [0, 0.1) is 0 Å². The molecule has 3 heterocycles. The fourth-order valence-corrected chi connectivity index (χ4v) is 4.17. The lowest BCUT2D eigenvalue weighted by Gasteiger charge is -2.24. The van der Waals surface area contributed by atoms with Gasteiger partial charge in [-0.25, -0.2) is 14.5 Å². The number of hydrogen-bond donors (Lipinski definition) is 2. The number of carboxylic acids is 1. The zero-order chi connectivity index (χ0) is 27.6. The Morgan fingerprint density at radius 1 is 1.18 bits per heavy atom. The zero-order valence-corrected chi connectivity index (χ0v) is 20.6. The first-order chi connectivity index (χ1) is 17.9. The maximum Gasteiger partial charge on any atom is 0.401 e. The van der Waals surface area contributed by atoms with Gasteiger partial charge in [-0.1, -0.05) is 12.1 Å². The molecule has 38 heavy (non-hydrogen) atoms. The van der Waals surface area contributed by atoms with Gasteiger partial charge < -0.3 is 24.7 Å². The number of nitrogens with two attached hydrogens (primary N) is 1. The second-order valence-corrected chi connectivity index (χ2v) is 8.70. The van der Waals surface area contributed by atoms with Crippen LogP contribution < -0.4 is 16.0 Å². The van der Waals surface area contributed by atoms with E-state index in [1.807, 2.05) is 0 Å². The standard InChI is InChI=1S/C24H26F3N7O4/c1-31-13-15(22(36)37)11-16(20(31)35)17-12-29-32(2)21(17)38-10-9-33(14-24(25,26)27)7-8-34-19-6-4-3-5-18(19)30-23(34)28/h3-6,11-13H,7-10,14H2,1-2H3,(H2,28,30)(H,36,37). The summed E-state index contributed by atoms with van der Waals surface area (Å²) in [5.74, 6) is -0.886. The van der Waals surface area contributed by atoms with E-state index in [4.69, 9.17) is 10.5 Å². The average Bonchev–Trinajstić information content (AvgIpc) is 3.36. The number of pyridine rings is 1. The largest absolute Gasteiger partial charge is 0.478 e. The van der Waals surface area contributed by atoms with Crippen LogP contribution >= 0.6 is 0 Å². The summed E-state index contributed by atoms with van der Waals surface area (Å²) in [5.41, 5.74) is 7.05. The van der Waals surface area contributed by atoms with Crippen molar-refractivity contribution in [2.75, 3.05) is 32.0 Å². The normalized spacial score (nSPS) is 11.9. The van der Waals surface area contributed by atoms with Gasteiger partial charge in [0.05, 0.1) is 40.5 Å². The molecule has 4 rings (SSSR count). The third kappa shape index (κ3) is 5.80. The van der Waals surface area contributed by atoms with E-state index >= 15 is 0 Å². The van der Waals surface area contributed by atoms with Crippen molar-refractivity contribution in [3.05, 3.63) is 58.6 Å². The molecule has 14 heteroatoms. The lowest BCUT2D eigenvalue weighted by Crippen LogP contribution is -2.39. The Labute approximate surface area is 214 Å². The molecule has 1 aromatic carbocycles. The summed E-state index contributed by atoms with van der Waals surface area (Å²) in [4.78, 5) is 29.6. The number of aryl methyl sites for hydroxylation is 2. The van der Waals surface area contributed by atoms with Gasteiger partial charge in [-0.05, 0) is 18.2 Å². The number of fused-ring (bicyclic) bond motifs is 1. The van der Waals surface area contributed by atoms with Gasteiger partial charge in [0.25, 0.3) is 5.56 Å². The maximum absolute atomic E-state index is 13.3. The Balaban J connectivity index is 1.51. The lowest BCUT2D eigenvalue weighted by molar-refractivity contribution is -0.146. The average molecular weight is 534 g/mol. The fourth-order valence-electron chi connectivity index (χ4n) is 4.17. The molecule has 4 aromatic rings. The molecule has 3 N–H and O–H groups in total. The number of para-hydroxylation sites is 2. The second-order valence-electron chi connectivity index (χ2n) is 8.70. The summed E-state index contributed by atoms with van der Waals surface area (Å²) in [6.07, 6.45) is -1.90. The van der Waals surface area contributed by atoms with E-state index in [-0.39, 0.29) is 54.8 Å². The van der Waals surface area contributed by atoms with Gasteiger partial charge in [0.2, 0.25) is 11.8 Å². The maximum atomic E-state index is 13.3. The number of imidazole rings is 1. The molecule has 0 saturated carbocycles. The minimum atomic E-state index is -4.44. The highest BCUT2D eigenvalue weighted by Crippen LogP contribution is 2.28. The number of nitrogen functional groups attached to an aromatic ring is 1. The molecule has 0 amide bonds. The summed E-state index contributed by atoms with van der Waals surface area (Å²) in [7, 11) is 2.96. The van der Waals surface area contributed by atoms with Crippen molar-refractivity contribution < 1.29 is 27.8 Å². The lowest BCUT2D eigenvalue weighted by atomic mass is 10.1. The summed E-state index contributed by atoms with van der Waals surface area (Å²) in [5, 5.41) is 13.4. The van der Waals surface area contributed by atoms with E-state index in [0.29, 0.717) is 5.52 Å². The number of ether oxygens (including phenoxy) is 1. The highest BCUT2D eigenvalue weighted by atomic mass is 19.4. The summed E-state index contributed by atoms with van der Waals surface area (Å²) >= 11 is 0. The highest BCUT2D eigenvalue weighted by Gasteiger charge is 2.31. The van der Waals surface area contributed by atoms with E-state index in [0.717, 1.165) is 10.1 Å². The fraction of sp³-hybridized carbons (Fsp3) is 0.333. The minimum absolute atomic E-state index is 0.0207. The second kappa shape index (κ2) is 10.6. The quantitative estimate of drug-likeness (QED) is 0.317. The smallest absolute Gasteiger partial charge is 0.401 e. The molecule has 0 unspecified atom stereocenters. The number of benzene rings is 1. The van der Waals surface area contributed by atoms with Crippen molar-refractivity contribution in [1.29, 1.82) is 0 Å². The van der Waals surface area contributed by atoms with Crippen molar-refractivity contribution in [3.63, 3.8) is 0 Å². The van der Waals surface area contributed by atoms with E-state index < -0.39 is 24.2 Å². The number of rotatable bonds is 10. The van der Waals surface area contributed by atoms with Gasteiger partial charge in [0.1, 0.15) is 6.61 Å². The molecular formula is C24H26F3N7O4. The number of anilines is 1. The number of hydrogen-bond acceptors (Lipinski definition) is 7. The van der Waals surface area contributed by atoms with Gasteiger partial charge >= 0.3 is 12.1 Å². The molecule has 0 radical (unpaired) electrons. The summed E-state index contributed by atoms with van der Waals surface area (Å²) in [6, 6.07) is 8.38. The van der Waals surface area contributed by atoms with E-state index in [1.165, 1.54) is 35.1 Å². The molecule has 0 saturated heterocycles. The van der Waals surface area contributed by atoms with Crippen molar-refractivity contribution in [1.82, 2.24) is 28.8 Å². The Kier molecular flexibility index (Phi) is 7.44. The Bertz CT molecular complexity index is 1520. The van der Waals surface area contributed by atoms with Crippen molar-refractivity contribution in [3.8, 4) is 17.0 Å². The van der Waals surface area contributed by atoms with Crippen LogP contribution in [-0.2, 0) is 20.6 Å². The first kappa shape index (κ1) is 26.7. The zero-order valence-electron chi connectivity index (χ0n) is 20.6. The number of carboxylic acid groups (broad SMARTS) is 1. The minimum Gasteiger partial charge on any atom is -0.478 e. The predicted molar refractivity (Wildman–Crippen MR) is 133 cm³/mol. The van der Waals surface area contributed by atoms with Crippen LogP contribution in [0.1, 0.15) is 10.4 Å². The highest BCUT2D eigenvalue weighted by molar-refractivity contribution is 5.89. The molecule has 202 valence electrons. The molecule has 0 bridgehead atoms. The molecule has 0 atom stereocenters. The van der Waals surface area contributed by atoms with Crippen molar-refractivity contribution in [2.24, 2.45) is 14.1 Å². The molecule has 3 aromatic heterocycles. The van der Waals surface area contributed by atoms with Crippen LogP contribution in [0.3, 0.4) is 0 Å². The molecule has 11 nitrogen and oxygen atoms in total. The van der Waals surface area contributed by atoms with Gasteiger partial charge in [-0.15, -0.1) is 0 Å². The molecular weight excluding hydrogens is 507 g/mol. The third-order valence-electron chi connectivity index (χ3n) is 5.98. The Morgan fingerprint density at radius 2 is 1.92 bits per heavy atom. The van der Waals surface area contributed by atoms with Crippen LogP contribution in [0.4, 0.5) is 19.1 Å². The number of nitrogens with zero attached hydrogens (tertiary/aromatic N) is 6. The van der Waals surface area contributed by atoms with Gasteiger partial charge in [-0.3, -0.25) is 9.69 Å². The number of alkyl halides is 3. The number of halogens is 3. The van der Waals surface area contributed by atoms with Crippen LogP contribution in [0.2, 0.25) is 0 Å². The van der Waals surface area contributed by atoms with Crippen LogP contribution in [0.15, 0.2) is 47.5 Å².